The van der Waals surface area contributed by atoms with Crippen molar-refractivity contribution in [3.63, 3.8) is 0 Å². The minimum atomic E-state index is -0.115. The molecule has 0 spiro atoms. The zero-order valence-corrected chi connectivity index (χ0v) is 13.5. The van der Waals surface area contributed by atoms with Gasteiger partial charge in [-0.2, -0.15) is 0 Å². The standard InChI is InChI=1S/C18H18N2O2S/c21-13-12-20(11-10-14-6-2-1-3-7-14)18(22)17-19-15-8-4-5-9-16(15)23-17/h1-9,21H,10-13H2. The Bertz CT molecular complexity index is 753. The molecule has 118 valence electrons. The maximum Gasteiger partial charge on any atom is 0.282 e. The molecule has 0 saturated carbocycles. The van der Waals surface area contributed by atoms with E-state index in [1.54, 1.807) is 4.90 Å². The van der Waals surface area contributed by atoms with Crippen molar-refractivity contribution in [1.29, 1.82) is 0 Å². The number of thiazole rings is 1. The number of benzene rings is 2. The second-order valence-electron chi connectivity index (χ2n) is 5.24. The average Bonchev–Trinajstić information content (AvgIpc) is 3.03. The first-order chi connectivity index (χ1) is 11.3. The van der Waals surface area contributed by atoms with E-state index >= 15 is 0 Å². The van der Waals surface area contributed by atoms with Gasteiger partial charge in [0.15, 0.2) is 5.01 Å². The molecule has 1 aromatic heterocycles. The van der Waals surface area contributed by atoms with Gasteiger partial charge in [-0.05, 0) is 24.1 Å². The number of aliphatic hydroxyl groups is 1. The van der Waals surface area contributed by atoms with Crippen LogP contribution in [-0.4, -0.2) is 40.6 Å². The van der Waals surface area contributed by atoms with Gasteiger partial charge in [0, 0.05) is 13.1 Å². The molecule has 5 heteroatoms. The zero-order chi connectivity index (χ0) is 16.1. The van der Waals surface area contributed by atoms with Crippen LogP contribution in [0.4, 0.5) is 0 Å². The molecule has 0 bridgehead atoms. The second kappa shape index (κ2) is 7.35. The van der Waals surface area contributed by atoms with Crippen LogP contribution in [0.25, 0.3) is 10.2 Å². The molecule has 3 rings (SSSR count). The number of carbonyl (C=O) groups is 1. The third-order valence-corrected chi connectivity index (χ3v) is 4.67. The van der Waals surface area contributed by atoms with Crippen molar-refractivity contribution in [3.05, 3.63) is 65.2 Å². The van der Waals surface area contributed by atoms with Crippen LogP contribution in [0.5, 0.6) is 0 Å². The molecule has 23 heavy (non-hydrogen) atoms. The first-order valence-corrected chi connectivity index (χ1v) is 8.39. The van der Waals surface area contributed by atoms with Crippen LogP contribution >= 0.6 is 11.3 Å². The van der Waals surface area contributed by atoms with E-state index < -0.39 is 0 Å². The van der Waals surface area contributed by atoms with Gasteiger partial charge in [-0.3, -0.25) is 4.79 Å². The normalized spacial score (nSPS) is 10.8. The van der Waals surface area contributed by atoms with Crippen molar-refractivity contribution in [1.82, 2.24) is 9.88 Å². The smallest absolute Gasteiger partial charge is 0.282 e. The van der Waals surface area contributed by atoms with Crippen molar-refractivity contribution >= 4 is 27.5 Å². The fourth-order valence-electron chi connectivity index (χ4n) is 2.44. The monoisotopic (exact) mass is 326 g/mol. The highest BCUT2D eigenvalue weighted by molar-refractivity contribution is 7.20. The molecule has 0 atom stereocenters. The lowest BCUT2D eigenvalue weighted by Crippen LogP contribution is -2.35. The lowest BCUT2D eigenvalue weighted by Gasteiger charge is -2.20. The van der Waals surface area contributed by atoms with E-state index in [4.69, 9.17) is 0 Å². The molecule has 4 nitrogen and oxygen atoms in total. The van der Waals surface area contributed by atoms with Gasteiger partial charge < -0.3 is 10.0 Å². The van der Waals surface area contributed by atoms with Crippen LogP contribution in [0.15, 0.2) is 54.6 Å². The number of para-hydroxylation sites is 1. The van der Waals surface area contributed by atoms with Gasteiger partial charge >= 0.3 is 0 Å². The maximum absolute atomic E-state index is 12.7. The van der Waals surface area contributed by atoms with E-state index in [0.29, 0.717) is 18.1 Å². The van der Waals surface area contributed by atoms with E-state index in [1.165, 1.54) is 16.9 Å². The highest BCUT2D eigenvalue weighted by Gasteiger charge is 2.19. The molecule has 3 aromatic rings. The van der Waals surface area contributed by atoms with Gasteiger partial charge in [0.05, 0.1) is 16.8 Å². The topological polar surface area (TPSA) is 53.4 Å². The largest absolute Gasteiger partial charge is 0.395 e. The molecular formula is C18H18N2O2S. The van der Waals surface area contributed by atoms with Crippen LogP contribution in [0.1, 0.15) is 15.4 Å². The fraction of sp³-hybridized carbons (Fsp3) is 0.222. The number of amides is 1. The second-order valence-corrected chi connectivity index (χ2v) is 6.27. The van der Waals surface area contributed by atoms with Crippen molar-refractivity contribution in [3.8, 4) is 0 Å². The van der Waals surface area contributed by atoms with Crippen LogP contribution in [0, 0.1) is 0 Å². The van der Waals surface area contributed by atoms with Crippen molar-refractivity contribution in [2.24, 2.45) is 0 Å². The lowest BCUT2D eigenvalue weighted by atomic mass is 10.1. The Morgan fingerprint density at radius 3 is 2.52 bits per heavy atom. The third-order valence-electron chi connectivity index (χ3n) is 3.65. The first kappa shape index (κ1) is 15.6. The molecule has 0 radical (unpaired) electrons. The number of aliphatic hydroxyl groups excluding tert-OH is 1. The SMILES string of the molecule is O=C(c1nc2ccccc2s1)N(CCO)CCc1ccccc1. The Labute approximate surface area is 139 Å². The molecule has 0 unspecified atom stereocenters. The number of carbonyl (C=O) groups excluding carboxylic acids is 1. The summed E-state index contributed by atoms with van der Waals surface area (Å²) < 4.78 is 1.00. The van der Waals surface area contributed by atoms with Crippen LogP contribution in [0.2, 0.25) is 0 Å². The molecule has 0 aliphatic heterocycles. The predicted octanol–water partition coefficient (Wildman–Crippen LogP) is 2.97. The Morgan fingerprint density at radius 1 is 1.04 bits per heavy atom. The number of rotatable bonds is 6. The zero-order valence-electron chi connectivity index (χ0n) is 12.7. The summed E-state index contributed by atoms with van der Waals surface area (Å²) in [6.07, 6.45) is 0.761. The molecule has 2 aromatic carbocycles. The third kappa shape index (κ3) is 3.75. The number of nitrogens with zero attached hydrogens (tertiary/aromatic N) is 2. The predicted molar refractivity (Wildman–Crippen MR) is 92.8 cm³/mol. The highest BCUT2D eigenvalue weighted by Crippen LogP contribution is 2.22. The summed E-state index contributed by atoms with van der Waals surface area (Å²) in [6, 6.07) is 17.8. The van der Waals surface area contributed by atoms with E-state index in [0.717, 1.165) is 16.6 Å². The van der Waals surface area contributed by atoms with Gasteiger partial charge in [0.25, 0.3) is 5.91 Å². The van der Waals surface area contributed by atoms with E-state index in [9.17, 15) is 9.90 Å². The van der Waals surface area contributed by atoms with Gasteiger partial charge in [-0.25, -0.2) is 4.98 Å². The molecule has 0 fully saturated rings. The maximum atomic E-state index is 12.7. The minimum absolute atomic E-state index is 0.0502. The lowest BCUT2D eigenvalue weighted by molar-refractivity contribution is 0.0724. The molecule has 1 heterocycles. The van der Waals surface area contributed by atoms with Gasteiger partial charge in [-0.15, -0.1) is 11.3 Å². The number of fused-ring (bicyclic) bond motifs is 1. The van der Waals surface area contributed by atoms with E-state index in [2.05, 4.69) is 4.98 Å². The quantitative estimate of drug-likeness (QED) is 0.758. The van der Waals surface area contributed by atoms with Crippen LogP contribution in [0.3, 0.4) is 0 Å². The summed E-state index contributed by atoms with van der Waals surface area (Å²) in [5.74, 6) is -0.115. The molecule has 0 aliphatic carbocycles. The summed E-state index contributed by atoms with van der Waals surface area (Å²) in [5.41, 5.74) is 2.01. The summed E-state index contributed by atoms with van der Waals surface area (Å²) in [5, 5.41) is 9.74. The molecule has 1 amide bonds. The number of aromatic nitrogens is 1. The summed E-state index contributed by atoms with van der Waals surface area (Å²) in [7, 11) is 0. The first-order valence-electron chi connectivity index (χ1n) is 7.57. The minimum Gasteiger partial charge on any atom is -0.395 e. The summed E-state index contributed by atoms with van der Waals surface area (Å²) >= 11 is 1.40. The van der Waals surface area contributed by atoms with E-state index in [1.807, 2.05) is 54.6 Å². The fourth-order valence-corrected chi connectivity index (χ4v) is 3.38. The molecular weight excluding hydrogens is 308 g/mol. The summed E-state index contributed by atoms with van der Waals surface area (Å²) in [4.78, 5) is 18.8. The van der Waals surface area contributed by atoms with Crippen molar-refractivity contribution in [2.75, 3.05) is 19.7 Å². The van der Waals surface area contributed by atoms with Crippen molar-refractivity contribution in [2.45, 2.75) is 6.42 Å². The number of hydrogen-bond donors (Lipinski definition) is 1. The van der Waals surface area contributed by atoms with Gasteiger partial charge in [0.1, 0.15) is 0 Å². The Hall–Kier alpha value is -2.24. The van der Waals surface area contributed by atoms with Gasteiger partial charge in [0.2, 0.25) is 0 Å². The summed E-state index contributed by atoms with van der Waals surface area (Å²) in [6.45, 7) is 0.840. The van der Waals surface area contributed by atoms with E-state index in [-0.39, 0.29) is 12.5 Å². The van der Waals surface area contributed by atoms with Crippen LogP contribution < -0.4 is 0 Å². The van der Waals surface area contributed by atoms with Gasteiger partial charge in [-0.1, -0.05) is 42.5 Å². The Balaban J connectivity index is 1.75. The Kier molecular flexibility index (Phi) is 5.00. The van der Waals surface area contributed by atoms with Crippen molar-refractivity contribution < 1.29 is 9.90 Å². The molecule has 0 aliphatic rings. The average molecular weight is 326 g/mol. The molecule has 1 N–H and O–H groups in total. The Morgan fingerprint density at radius 2 is 1.78 bits per heavy atom. The highest BCUT2D eigenvalue weighted by atomic mass is 32.1. The molecule has 0 saturated heterocycles. The van der Waals surface area contributed by atoms with Crippen LogP contribution in [-0.2, 0) is 6.42 Å². The number of hydrogen-bond acceptors (Lipinski definition) is 4.